The standard InChI is InChI=1S/C14H19N3O4/c1-20-13-11(17(18)19)2-3-12(15-13)16-7-4-14(10-16)5-8-21-9-6-14/h2-3H,4-10H2,1H3. The van der Waals surface area contributed by atoms with E-state index in [1.165, 1.54) is 13.2 Å². The molecule has 0 radical (unpaired) electrons. The number of rotatable bonds is 3. The van der Waals surface area contributed by atoms with Crippen LogP contribution < -0.4 is 9.64 Å². The molecule has 0 unspecified atom stereocenters. The van der Waals surface area contributed by atoms with Crippen molar-refractivity contribution < 1.29 is 14.4 Å². The Bertz CT molecular complexity index is 543. The molecule has 7 nitrogen and oxygen atoms in total. The van der Waals surface area contributed by atoms with Crippen LogP contribution in [0.4, 0.5) is 11.5 Å². The number of methoxy groups -OCH3 is 1. The average Bonchev–Trinajstić information content (AvgIpc) is 2.91. The number of nitrogens with zero attached hydrogens (tertiary/aromatic N) is 3. The van der Waals surface area contributed by atoms with E-state index in [1.54, 1.807) is 6.07 Å². The van der Waals surface area contributed by atoms with E-state index in [2.05, 4.69) is 9.88 Å². The maximum atomic E-state index is 10.9. The zero-order valence-electron chi connectivity index (χ0n) is 12.1. The van der Waals surface area contributed by atoms with Crippen LogP contribution in [0.3, 0.4) is 0 Å². The molecule has 0 saturated carbocycles. The van der Waals surface area contributed by atoms with E-state index < -0.39 is 4.92 Å². The van der Waals surface area contributed by atoms with Gasteiger partial charge in [0.2, 0.25) is 0 Å². The lowest BCUT2D eigenvalue weighted by Gasteiger charge is -2.33. The lowest BCUT2D eigenvalue weighted by atomic mass is 9.80. The third-order valence-electron chi connectivity index (χ3n) is 4.53. The van der Waals surface area contributed by atoms with Crippen LogP contribution in [0.25, 0.3) is 0 Å². The van der Waals surface area contributed by atoms with Crippen LogP contribution in [0.5, 0.6) is 5.88 Å². The Morgan fingerprint density at radius 2 is 2.14 bits per heavy atom. The number of hydrogen-bond acceptors (Lipinski definition) is 6. The number of aromatic nitrogens is 1. The Morgan fingerprint density at radius 3 is 2.81 bits per heavy atom. The topological polar surface area (TPSA) is 77.7 Å². The first-order valence-corrected chi connectivity index (χ1v) is 7.16. The summed E-state index contributed by atoms with van der Waals surface area (Å²) in [6, 6.07) is 3.18. The molecule has 114 valence electrons. The molecule has 0 aromatic carbocycles. The Morgan fingerprint density at radius 1 is 1.38 bits per heavy atom. The minimum atomic E-state index is -0.473. The summed E-state index contributed by atoms with van der Waals surface area (Å²) in [5.41, 5.74) is 0.218. The smallest absolute Gasteiger partial charge is 0.331 e. The Kier molecular flexibility index (Phi) is 3.67. The van der Waals surface area contributed by atoms with Gasteiger partial charge in [-0.2, -0.15) is 4.98 Å². The van der Waals surface area contributed by atoms with Crippen LogP contribution in [0.15, 0.2) is 12.1 Å². The van der Waals surface area contributed by atoms with Crippen molar-refractivity contribution >= 4 is 11.5 Å². The first-order valence-electron chi connectivity index (χ1n) is 7.16. The second-order valence-corrected chi connectivity index (χ2v) is 5.74. The van der Waals surface area contributed by atoms with Crippen LogP contribution in [0.1, 0.15) is 19.3 Å². The Balaban J connectivity index is 1.80. The van der Waals surface area contributed by atoms with Gasteiger partial charge in [-0.3, -0.25) is 10.1 Å². The Hall–Kier alpha value is -1.89. The van der Waals surface area contributed by atoms with Crippen LogP contribution in [-0.2, 0) is 4.74 Å². The Labute approximate surface area is 123 Å². The van der Waals surface area contributed by atoms with E-state index in [0.717, 1.165) is 51.4 Å². The maximum absolute atomic E-state index is 10.9. The highest BCUT2D eigenvalue weighted by molar-refractivity contribution is 5.51. The molecule has 2 fully saturated rings. The SMILES string of the molecule is COc1nc(N2CCC3(CCOCC3)C2)ccc1[N+](=O)[O-]. The largest absolute Gasteiger partial charge is 0.476 e. The zero-order valence-corrected chi connectivity index (χ0v) is 12.1. The van der Waals surface area contributed by atoms with Crippen molar-refractivity contribution in [2.24, 2.45) is 5.41 Å². The quantitative estimate of drug-likeness (QED) is 0.626. The van der Waals surface area contributed by atoms with Gasteiger partial charge in [-0.15, -0.1) is 0 Å². The number of anilines is 1. The maximum Gasteiger partial charge on any atom is 0.331 e. The van der Waals surface area contributed by atoms with Gasteiger partial charge in [0.05, 0.1) is 12.0 Å². The molecule has 0 amide bonds. The summed E-state index contributed by atoms with van der Waals surface area (Å²) in [5.74, 6) is 0.825. The molecule has 0 aliphatic carbocycles. The lowest BCUT2D eigenvalue weighted by molar-refractivity contribution is -0.386. The lowest BCUT2D eigenvalue weighted by Crippen LogP contribution is -2.33. The van der Waals surface area contributed by atoms with Crippen molar-refractivity contribution in [1.29, 1.82) is 0 Å². The van der Waals surface area contributed by atoms with Gasteiger partial charge < -0.3 is 14.4 Å². The summed E-state index contributed by atoms with van der Waals surface area (Å²) in [5, 5.41) is 10.9. The third kappa shape index (κ3) is 2.65. The molecule has 0 N–H and O–H groups in total. The summed E-state index contributed by atoms with van der Waals surface area (Å²) in [6.45, 7) is 3.51. The monoisotopic (exact) mass is 293 g/mol. The molecule has 1 aromatic heterocycles. The molecule has 2 saturated heterocycles. The molecule has 1 spiro atoms. The summed E-state index contributed by atoms with van der Waals surface area (Å²) < 4.78 is 10.5. The van der Waals surface area contributed by atoms with Gasteiger partial charge in [0.15, 0.2) is 0 Å². The second kappa shape index (κ2) is 5.48. The first kappa shape index (κ1) is 14.1. The minimum absolute atomic E-state index is 0.0745. The molecule has 0 bridgehead atoms. The number of hydrogen-bond donors (Lipinski definition) is 0. The second-order valence-electron chi connectivity index (χ2n) is 5.74. The fourth-order valence-corrected chi connectivity index (χ4v) is 3.23. The normalized spacial score (nSPS) is 20.7. The minimum Gasteiger partial charge on any atom is -0.476 e. The van der Waals surface area contributed by atoms with Gasteiger partial charge in [-0.05, 0) is 30.7 Å². The van der Waals surface area contributed by atoms with Crippen LogP contribution in [0, 0.1) is 15.5 Å². The molecular formula is C14H19N3O4. The summed E-state index contributed by atoms with van der Waals surface area (Å²) in [4.78, 5) is 16.9. The van der Waals surface area contributed by atoms with E-state index >= 15 is 0 Å². The van der Waals surface area contributed by atoms with E-state index in [1.807, 2.05) is 0 Å². The molecule has 0 atom stereocenters. The molecule has 3 rings (SSSR count). The predicted octanol–water partition coefficient (Wildman–Crippen LogP) is 2.01. The average molecular weight is 293 g/mol. The van der Waals surface area contributed by atoms with Gasteiger partial charge in [-0.25, -0.2) is 0 Å². The fourth-order valence-electron chi connectivity index (χ4n) is 3.23. The van der Waals surface area contributed by atoms with Gasteiger partial charge >= 0.3 is 5.69 Å². The van der Waals surface area contributed by atoms with Crippen molar-refractivity contribution in [3.05, 3.63) is 22.2 Å². The van der Waals surface area contributed by atoms with Crippen molar-refractivity contribution in [3.8, 4) is 5.88 Å². The van der Waals surface area contributed by atoms with E-state index in [-0.39, 0.29) is 11.6 Å². The molecule has 7 heteroatoms. The van der Waals surface area contributed by atoms with Crippen LogP contribution in [-0.4, -0.2) is 43.3 Å². The summed E-state index contributed by atoms with van der Waals surface area (Å²) >= 11 is 0. The molecular weight excluding hydrogens is 274 g/mol. The number of pyridine rings is 1. The van der Waals surface area contributed by atoms with Gasteiger partial charge in [0.25, 0.3) is 5.88 Å². The molecule has 3 heterocycles. The van der Waals surface area contributed by atoms with E-state index in [0.29, 0.717) is 5.41 Å². The fraction of sp³-hybridized carbons (Fsp3) is 0.643. The van der Waals surface area contributed by atoms with Gasteiger partial charge in [0.1, 0.15) is 5.82 Å². The first-order chi connectivity index (χ1) is 10.1. The van der Waals surface area contributed by atoms with Crippen molar-refractivity contribution in [2.45, 2.75) is 19.3 Å². The number of ether oxygens (including phenoxy) is 2. The number of nitro groups is 1. The highest BCUT2D eigenvalue weighted by atomic mass is 16.6. The summed E-state index contributed by atoms with van der Waals surface area (Å²) in [7, 11) is 1.41. The molecule has 21 heavy (non-hydrogen) atoms. The highest BCUT2D eigenvalue weighted by Crippen LogP contribution is 2.41. The predicted molar refractivity (Wildman–Crippen MR) is 76.8 cm³/mol. The molecule has 1 aromatic rings. The van der Waals surface area contributed by atoms with E-state index in [4.69, 9.17) is 9.47 Å². The van der Waals surface area contributed by atoms with Gasteiger partial charge in [-0.1, -0.05) is 0 Å². The summed E-state index contributed by atoms with van der Waals surface area (Å²) in [6.07, 6.45) is 3.28. The van der Waals surface area contributed by atoms with Crippen molar-refractivity contribution in [1.82, 2.24) is 4.98 Å². The molecule has 2 aliphatic heterocycles. The van der Waals surface area contributed by atoms with Gasteiger partial charge in [0, 0.05) is 32.4 Å². The zero-order chi connectivity index (χ0) is 14.9. The van der Waals surface area contributed by atoms with Crippen molar-refractivity contribution in [2.75, 3.05) is 38.3 Å². The third-order valence-corrected chi connectivity index (χ3v) is 4.53. The van der Waals surface area contributed by atoms with Crippen LogP contribution in [0.2, 0.25) is 0 Å². The highest BCUT2D eigenvalue weighted by Gasteiger charge is 2.40. The molecule has 2 aliphatic rings. The van der Waals surface area contributed by atoms with Crippen molar-refractivity contribution in [3.63, 3.8) is 0 Å². The van der Waals surface area contributed by atoms with E-state index in [9.17, 15) is 10.1 Å². The van der Waals surface area contributed by atoms with Crippen LogP contribution >= 0.6 is 0 Å².